The number of benzene rings is 1. The van der Waals surface area contributed by atoms with Gasteiger partial charge in [0.25, 0.3) is 0 Å². The minimum atomic E-state index is 0.584. The summed E-state index contributed by atoms with van der Waals surface area (Å²) in [5, 5.41) is 5.23. The molecule has 1 rings (SSSR count). The Morgan fingerprint density at radius 2 is 1.68 bits per heavy atom. The lowest BCUT2D eigenvalue weighted by Gasteiger charge is -2.08. The van der Waals surface area contributed by atoms with E-state index in [1.54, 1.807) is 19.2 Å². The average molecular weight is 325 g/mol. The molecule has 0 amide bonds. The molecular formula is C14H20Cl3NO. The number of unbranched alkanes of at least 4 members (excludes halogenated alkanes) is 2. The fourth-order valence-electron chi connectivity index (χ4n) is 1.84. The van der Waals surface area contributed by atoms with Gasteiger partial charge in [0.05, 0.1) is 6.61 Å². The molecule has 2 nitrogen and oxygen atoms in total. The molecule has 0 aliphatic carbocycles. The Balaban J connectivity index is 2.19. The first-order chi connectivity index (χ1) is 9.15. The molecule has 0 atom stereocenters. The van der Waals surface area contributed by atoms with E-state index in [4.69, 9.17) is 39.5 Å². The first kappa shape index (κ1) is 17.1. The molecule has 0 aromatic heterocycles. The SMILES string of the molecule is COCCNCCCCCc1c(Cl)cc(Cl)cc1Cl. The molecule has 0 spiro atoms. The van der Waals surface area contributed by atoms with Crippen LogP contribution in [0.25, 0.3) is 0 Å². The van der Waals surface area contributed by atoms with E-state index < -0.39 is 0 Å². The van der Waals surface area contributed by atoms with Gasteiger partial charge in [-0.15, -0.1) is 0 Å². The highest BCUT2D eigenvalue weighted by Crippen LogP contribution is 2.30. The standard InChI is InChI=1S/C14H20Cl3NO/c1-19-8-7-18-6-4-2-3-5-12-13(16)9-11(15)10-14(12)17/h9-10,18H,2-8H2,1H3. The van der Waals surface area contributed by atoms with Gasteiger partial charge in [-0.1, -0.05) is 41.2 Å². The summed E-state index contributed by atoms with van der Waals surface area (Å²) in [6, 6.07) is 3.49. The van der Waals surface area contributed by atoms with Crippen molar-refractivity contribution in [1.29, 1.82) is 0 Å². The largest absolute Gasteiger partial charge is 0.383 e. The number of hydrogen-bond acceptors (Lipinski definition) is 2. The van der Waals surface area contributed by atoms with Gasteiger partial charge in [-0.2, -0.15) is 0 Å². The zero-order chi connectivity index (χ0) is 14.1. The molecule has 5 heteroatoms. The molecular weight excluding hydrogens is 305 g/mol. The van der Waals surface area contributed by atoms with E-state index in [-0.39, 0.29) is 0 Å². The van der Waals surface area contributed by atoms with Crippen LogP contribution in [0, 0.1) is 0 Å². The molecule has 1 aromatic rings. The number of methoxy groups -OCH3 is 1. The molecule has 0 bridgehead atoms. The number of nitrogens with one attached hydrogen (secondary N) is 1. The molecule has 19 heavy (non-hydrogen) atoms. The molecule has 0 saturated heterocycles. The minimum absolute atomic E-state index is 0.584. The maximum Gasteiger partial charge on any atom is 0.0587 e. The third kappa shape index (κ3) is 6.82. The van der Waals surface area contributed by atoms with Gasteiger partial charge in [-0.25, -0.2) is 0 Å². The Labute approximate surface area is 130 Å². The first-order valence-corrected chi connectivity index (χ1v) is 7.61. The quantitative estimate of drug-likeness (QED) is 0.671. The van der Waals surface area contributed by atoms with E-state index in [9.17, 15) is 0 Å². The monoisotopic (exact) mass is 323 g/mol. The maximum atomic E-state index is 6.14. The molecule has 0 saturated carbocycles. The Hall–Kier alpha value is 0.01000. The number of hydrogen-bond donors (Lipinski definition) is 1. The van der Waals surface area contributed by atoms with Crippen LogP contribution >= 0.6 is 34.8 Å². The van der Waals surface area contributed by atoms with Crippen molar-refractivity contribution in [3.05, 3.63) is 32.8 Å². The molecule has 0 unspecified atom stereocenters. The summed E-state index contributed by atoms with van der Waals surface area (Å²) in [7, 11) is 1.71. The summed E-state index contributed by atoms with van der Waals surface area (Å²) >= 11 is 18.2. The van der Waals surface area contributed by atoms with E-state index in [2.05, 4.69) is 5.32 Å². The molecule has 108 valence electrons. The van der Waals surface area contributed by atoms with Crippen LogP contribution in [0.4, 0.5) is 0 Å². The average Bonchev–Trinajstić information content (AvgIpc) is 2.35. The zero-order valence-electron chi connectivity index (χ0n) is 11.1. The van der Waals surface area contributed by atoms with Gasteiger partial charge < -0.3 is 10.1 Å². The van der Waals surface area contributed by atoms with Gasteiger partial charge in [0.1, 0.15) is 0 Å². The van der Waals surface area contributed by atoms with E-state index >= 15 is 0 Å². The normalized spacial score (nSPS) is 10.9. The lowest BCUT2D eigenvalue weighted by Crippen LogP contribution is -2.20. The second-order valence-electron chi connectivity index (χ2n) is 4.40. The van der Waals surface area contributed by atoms with Gasteiger partial charge in [0.2, 0.25) is 0 Å². The highest BCUT2D eigenvalue weighted by Gasteiger charge is 2.07. The highest BCUT2D eigenvalue weighted by molar-refractivity contribution is 6.39. The lowest BCUT2D eigenvalue weighted by molar-refractivity contribution is 0.199. The van der Waals surface area contributed by atoms with Crippen LogP contribution in [0.15, 0.2) is 12.1 Å². The Morgan fingerprint density at radius 3 is 2.32 bits per heavy atom. The van der Waals surface area contributed by atoms with E-state index in [1.165, 1.54) is 0 Å². The van der Waals surface area contributed by atoms with Gasteiger partial charge in [-0.3, -0.25) is 0 Å². The van der Waals surface area contributed by atoms with Crippen molar-refractivity contribution >= 4 is 34.8 Å². The zero-order valence-corrected chi connectivity index (χ0v) is 13.4. The van der Waals surface area contributed by atoms with Gasteiger partial charge >= 0.3 is 0 Å². The Kier molecular flexibility index (Phi) is 8.84. The summed E-state index contributed by atoms with van der Waals surface area (Å²) in [4.78, 5) is 0. The van der Waals surface area contributed by atoms with E-state index in [0.29, 0.717) is 15.1 Å². The summed E-state index contributed by atoms with van der Waals surface area (Å²) < 4.78 is 4.96. The van der Waals surface area contributed by atoms with Crippen LogP contribution in [-0.4, -0.2) is 26.8 Å². The summed E-state index contributed by atoms with van der Waals surface area (Å²) in [5.74, 6) is 0. The fraction of sp³-hybridized carbons (Fsp3) is 0.571. The van der Waals surface area contributed by atoms with Crippen molar-refractivity contribution in [2.45, 2.75) is 25.7 Å². The van der Waals surface area contributed by atoms with Crippen LogP contribution < -0.4 is 5.32 Å². The third-order valence-corrected chi connectivity index (χ3v) is 3.76. The van der Waals surface area contributed by atoms with Crippen molar-refractivity contribution in [3.63, 3.8) is 0 Å². The third-order valence-electron chi connectivity index (χ3n) is 2.87. The smallest absolute Gasteiger partial charge is 0.0587 e. The second-order valence-corrected chi connectivity index (χ2v) is 5.65. The number of rotatable bonds is 9. The minimum Gasteiger partial charge on any atom is -0.383 e. The van der Waals surface area contributed by atoms with E-state index in [0.717, 1.165) is 50.9 Å². The van der Waals surface area contributed by atoms with Crippen molar-refractivity contribution in [1.82, 2.24) is 5.32 Å². The van der Waals surface area contributed by atoms with Crippen LogP contribution in [0.2, 0.25) is 15.1 Å². The Morgan fingerprint density at radius 1 is 1.00 bits per heavy atom. The second kappa shape index (κ2) is 9.84. The predicted molar refractivity (Wildman–Crippen MR) is 83.8 cm³/mol. The topological polar surface area (TPSA) is 21.3 Å². The molecule has 1 N–H and O–H groups in total. The molecule has 0 heterocycles. The highest BCUT2D eigenvalue weighted by atomic mass is 35.5. The van der Waals surface area contributed by atoms with E-state index in [1.807, 2.05) is 0 Å². The van der Waals surface area contributed by atoms with Gasteiger partial charge in [-0.05, 0) is 43.5 Å². The maximum absolute atomic E-state index is 6.14. The fourth-order valence-corrected chi connectivity index (χ4v) is 2.84. The lowest BCUT2D eigenvalue weighted by atomic mass is 10.1. The predicted octanol–water partition coefficient (Wildman–Crippen LogP) is 4.60. The number of ether oxygens (including phenoxy) is 1. The molecule has 1 aromatic carbocycles. The summed E-state index contributed by atoms with van der Waals surface area (Å²) in [6.07, 6.45) is 4.27. The van der Waals surface area contributed by atoms with Crippen molar-refractivity contribution in [2.24, 2.45) is 0 Å². The van der Waals surface area contributed by atoms with Crippen molar-refractivity contribution < 1.29 is 4.74 Å². The van der Waals surface area contributed by atoms with Gasteiger partial charge in [0.15, 0.2) is 0 Å². The molecule has 0 aliphatic rings. The first-order valence-electron chi connectivity index (χ1n) is 6.48. The van der Waals surface area contributed by atoms with Gasteiger partial charge in [0, 0.05) is 28.7 Å². The molecule has 0 radical (unpaired) electrons. The van der Waals surface area contributed by atoms with Crippen LogP contribution in [0.3, 0.4) is 0 Å². The summed E-state index contributed by atoms with van der Waals surface area (Å²) in [5.41, 5.74) is 1.00. The Bertz CT molecular complexity index is 362. The molecule has 0 aliphatic heterocycles. The van der Waals surface area contributed by atoms with Crippen molar-refractivity contribution in [2.75, 3.05) is 26.8 Å². The van der Waals surface area contributed by atoms with Crippen molar-refractivity contribution in [3.8, 4) is 0 Å². The molecule has 0 fully saturated rings. The van der Waals surface area contributed by atoms with Crippen LogP contribution in [-0.2, 0) is 11.2 Å². The summed E-state index contributed by atoms with van der Waals surface area (Å²) in [6.45, 7) is 2.69. The van der Waals surface area contributed by atoms with Crippen LogP contribution in [0.5, 0.6) is 0 Å². The number of halogens is 3. The van der Waals surface area contributed by atoms with Crippen LogP contribution in [0.1, 0.15) is 24.8 Å².